The highest BCUT2D eigenvalue weighted by atomic mass is 19.4. The van der Waals surface area contributed by atoms with Crippen molar-refractivity contribution in [2.45, 2.75) is 13.1 Å². The van der Waals surface area contributed by atoms with Crippen LogP contribution in [0.1, 0.15) is 21.6 Å². The Balaban J connectivity index is 1.95. The second kappa shape index (κ2) is 6.43. The number of halogens is 3. The molecule has 0 unspecified atom stereocenters. The molecule has 0 atom stereocenters. The van der Waals surface area contributed by atoms with E-state index < -0.39 is 23.3 Å². The molecule has 7 nitrogen and oxygen atoms in total. The van der Waals surface area contributed by atoms with Gasteiger partial charge in [-0.3, -0.25) is 9.36 Å². The third kappa shape index (κ3) is 2.93. The van der Waals surface area contributed by atoms with Crippen LogP contribution in [0.25, 0.3) is 22.2 Å². The summed E-state index contributed by atoms with van der Waals surface area (Å²) in [4.78, 5) is 29.1. The van der Waals surface area contributed by atoms with Crippen molar-refractivity contribution in [3.05, 3.63) is 69.9 Å². The van der Waals surface area contributed by atoms with Gasteiger partial charge in [-0.25, -0.2) is 14.3 Å². The summed E-state index contributed by atoms with van der Waals surface area (Å²) in [6, 6.07) is 5.99. The van der Waals surface area contributed by atoms with Gasteiger partial charge in [0.15, 0.2) is 5.65 Å². The smallest absolute Gasteiger partial charge is 0.416 e. The summed E-state index contributed by atoms with van der Waals surface area (Å²) < 4.78 is 46.2. The number of hydrogen-bond acceptors (Lipinski definition) is 5. The summed E-state index contributed by atoms with van der Waals surface area (Å²) in [6.45, 7) is 1.61. The quantitative estimate of drug-likeness (QED) is 0.482. The average Bonchev–Trinajstić information content (AvgIpc) is 3.03. The molecule has 4 aromatic rings. The van der Waals surface area contributed by atoms with Crippen molar-refractivity contribution in [1.82, 2.24) is 19.2 Å². The van der Waals surface area contributed by atoms with E-state index in [-0.39, 0.29) is 22.3 Å². The molecule has 10 heteroatoms. The van der Waals surface area contributed by atoms with Gasteiger partial charge in [-0.15, -0.1) is 0 Å². The molecule has 0 aliphatic heterocycles. The van der Waals surface area contributed by atoms with Crippen LogP contribution in [0.2, 0.25) is 0 Å². The number of fused-ring (bicyclic) bond motifs is 3. The number of benzene rings is 1. The summed E-state index contributed by atoms with van der Waals surface area (Å²) in [6.07, 6.45) is -1.90. The fraction of sp³-hybridized carbons (Fsp3) is 0.158. The highest BCUT2D eigenvalue weighted by molar-refractivity contribution is 5.98. The molecule has 0 spiro atoms. The van der Waals surface area contributed by atoms with E-state index in [4.69, 9.17) is 4.74 Å². The number of aryl methyl sites for hydroxylation is 1. The van der Waals surface area contributed by atoms with E-state index in [2.05, 4.69) is 10.1 Å². The van der Waals surface area contributed by atoms with E-state index in [1.54, 1.807) is 6.92 Å². The Morgan fingerprint density at radius 2 is 1.97 bits per heavy atom. The number of esters is 1. The fourth-order valence-electron chi connectivity index (χ4n) is 3.15. The lowest BCUT2D eigenvalue weighted by Gasteiger charge is -2.11. The van der Waals surface area contributed by atoms with E-state index in [0.717, 1.165) is 16.7 Å². The standard InChI is InChI=1S/C19H13F3N4O3/c1-10-15(18(28)29-2)16-23-9-13-14(26(16)24-10)6-7-25(17(13)27)12-5-3-4-11(8-12)19(20,21)22/h3-9H,1-2H3. The lowest BCUT2D eigenvalue weighted by Crippen LogP contribution is -2.19. The maximum atomic E-state index is 13.0. The van der Waals surface area contributed by atoms with Gasteiger partial charge in [0.25, 0.3) is 5.56 Å². The Bertz CT molecular complexity index is 1340. The van der Waals surface area contributed by atoms with E-state index in [1.165, 1.54) is 42.2 Å². The molecule has 148 valence electrons. The zero-order chi connectivity index (χ0) is 20.9. The van der Waals surface area contributed by atoms with Crippen LogP contribution in [0, 0.1) is 6.92 Å². The molecule has 4 rings (SSSR count). The number of methoxy groups -OCH3 is 1. The van der Waals surface area contributed by atoms with Crippen molar-refractivity contribution in [3.63, 3.8) is 0 Å². The second-order valence-electron chi connectivity index (χ2n) is 6.28. The normalized spacial score (nSPS) is 11.9. The predicted molar refractivity (Wildman–Crippen MR) is 97.2 cm³/mol. The number of ether oxygens (including phenoxy) is 1. The molecule has 0 radical (unpaired) electrons. The van der Waals surface area contributed by atoms with Gasteiger partial charge in [-0.2, -0.15) is 18.3 Å². The Morgan fingerprint density at radius 1 is 1.21 bits per heavy atom. The minimum atomic E-state index is -4.53. The average molecular weight is 402 g/mol. The van der Waals surface area contributed by atoms with Gasteiger partial charge < -0.3 is 4.74 Å². The number of alkyl halides is 3. The summed E-state index contributed by atoms with van der Waals surface area (Å²) in [5.74, 6) is -0.610. The third-order valence-electron chi connectivity index (χ3n) is 4.53. The maximum Gasteiger partial charge on any atom is 0.416 e. The Morgan fingerprint density at radius 3 is 2.66 bits per heavy atom. The molecule has 3 heterocycles. The maximum absolute atomic E-state index is 13.0. The molecule has 0 aliphatic carbocycles. The molecular weight excluding hydrogens is 389 g/mol. The van der Waals surface area contributed by atoms with E-state index in [9.17, 15) is 22.8 Å². The van der Waals surface area contributed by atoms with Crippen LogP contribution >= 0.6 is 0 Å². The van der Waals surface area contributed by atoms with Gasteiger partial charge in [-0.05, 0) is 31.2 Å². The monoisotopic (exact) mass is 402 g/mol. The highest BCUT2D eigenvalue weighted by Crippen LogP contribution is 2.30. The topological polar surface area (TPSA) is 78.5 Å². The third-order valence-corrected chi connectivity index (χ3v) is 4.53. The van der Waals surface area contributed by atoms with Crippen molar-refractivity contribution in [3.8, 4) is 5.69 Å². The van der Waals surface area contributed by atoms with E-state index in [0.29, 0.717) is 11.2 Å². The van der Waals surface area contributed by atoms with E-state index in [1.807, 2.05) is 0 Å². The first-order chi connectivity index (χ1) is 13.7. The first-order valence-electron chi connectivity index (χ1n) is 8.38. The zero-order valence-corrected chi connectivity index (χ0v) is 15.2. The van der Waals surface area contributed by atoms with Crippen LogP contribution in [-0.2, 0) is 10.9 Å². The molecule has 0 fully saturated rings. The van der Waals surface area contributed by atoms with Gasteiger partial charge >= 0.3 is 12.1 Å². The summed E-state index contributed by atoms with van der Waals surface area (Å²) in [7, 11) is 1.24. The Labute approximate surface area is 161 Å². The minimum absolute atomic E-state index is 0.0683. The molecule has 0 bridgehead atoms. The molecule has 1 aromatic carbocycles. The van der Waals surface area contributed by atoms with Gasteiger partial charge in [0.05, 0.1) is 29.3 Å². The first kappa shape index (κ1) is 18.7. The summed E-state index contributed by atoms with van der Waals surface area (Å²) >= 11 is 0. The predicted octanol–water partition coefficient (Wildman–Crippen LogP) is 3.15. The second-order valence-corrected chi connectivity index (χ2v) is 6.28. The summed E-state index contributed by atoms with van der Waals surface area (Å²) in [5, 5.41) is 4.39. The lowest BCUT2D eigenvalue weighted by molar-refractivity contribution is -0.137. The minimum Gasteiger partial charge on any atom is -0.465 e. The Hall–Kier alpha value is -3.69. The summed E-state index contributed by atoms with van der Waals surface area (Å²) in [5.41, 5.74) is -0.224. The van der Waals surface area contributed by atoms with Gasteiger partial charge in [-0.1, -0.05) is 6.07 Å². The fourth-order valence-corrected chi connectivity index (χ4v) is 3.15. The zero-order valence-electron chi connectivity index (χ0n) is 15.2. The molecule has 0 saturated carbocycles. The Kier molecular flexibility index (Phi) is 4.14. The van der Waals surface area contributed by atoms with Crippen LogP contribution < -0.4 is 5.56 Å². The van der Waals surface area contributed by atoms with Gasteiger partial charge in [0.1, 0.15) is 5.56 Å². The van der Waals surface area contributed by atoms with Crippen LogP contribution in [0.4, 0.5) is 13.2 Å². The molecule has 0 N–H and O–H groups in total. The van der Waals surface area contributed by atoms with Crippen molar-refractivity contribution in [1.29, 1.82) is 0 Å². The van der Waals surface area contributed by atoms with E-state index >= 15 is 0 Å². The number of rotatable bonds is 2. The first-order valence-corrected chi connectivity index (χ1v) is 8.38. The number of carbonyl (C=O) groups excluding carboxylic acids is 1. The molecule has 3 aromatic heterocycles. The number of carbonyl (C=O) groups is 1. The lowest BCUT2D eigenvalue weighted by atomic mass is 10.2. The van der Waals surface area contributed by atoms with Crippen molar-refractivity contribution < 1.29 is 22.7 Å². The van der Waals surface area contributed by atoms with Crippen molar-refractivity contribution >= 4 is 22.5 Å². The number of aromatic nitrogens is 4. The van der Waals surface area contributed by atoms with Gasteiger partial charge in [0, 0.05) is 18.1 Å². The van der Waals surface area contributed by atoms with Gasteiger partial charge in [0.2, 0.25) is 0 Å². The highest BCUT2D eigenvalue weighted by Gasteiger charge is 2.30. The SMILES string of the molecule is COC(=O)c1c(C)nn2c1ncc1c(=O)n(-c3cccc(C(F)(F)F)c3)ccc12. The number of hydrogen-bond donors (Lipinski definition) is 0. The van der Waals surface area contributed by atoms with Crippen LogP contribution in [-0.4, -0.2) is 32.2 Å². The van der Waals surface area contributed by atoms with Crippen molar-refractivity contribution in [2.24, 2.45) is 0 Å². The largest absolute Gasteiger partial charge is 0.465 e. The number of nitrogens with zero attached hydrogens (tertiary/aromatic N) is 4. The van der Waals surface area contributed by atoms with Crippen molar-refractivity contribution in [2.75, 3.05) is 7.11 Å². The van der Waals surface area contributed by atoms with Crippen LogP contribution in [0.15, 0.2) is 47.5 Å². The molecule has 0 saturated heterocycles. The molecule has 0 amide bonds. The number of pyridine rings is 1. The van der Waals surface area contributed by atoms with Crippen LogP contribution in [0.5, 0.6) is 0 Å². The molecule has 29 heavy (non-hydrogen) atoms. The molecular formula is C19H13F3N4O3. The van der Waals surface area contributed by atoms with Crippen LogP contribution in [0.3, 0.4) is 0 Å². The molecule has 0 aliphatic rings.